The van der Waals surface area contributed by atoms with Crippen molar-refractivity contribution in [3.05, 3.63) is 36.0 Å². The third-order valence-corrected chi connectivity index (χ3v) is 4.11. The van der Waals surface area contributed by atoms with Gasteiger partial charge in [-0.05, 0) is 52.7 Å². The third kappa shape index (κ3) is 3.35. The van der Waals surface area contributed by atoms with Crippen LogP contribution in [-0.2, 0) is 11.2 Å². The van der Waals surface area contributed by atoms with E-state index in [0.29, 0.717) is 12.1 Å². The van der Waals surface area contributed by atoms with Crippen LogP contribution in [0, 0.1) is 0 Å². The van der Waals surface area contributed by atoms with E-state index in [1.165, 1.54) is 10.9 Å². The summed E-state index contributed by atoms with van der Waals surface area (Å²) in [4.78, 5) is 17.8. The highest BCUT2D eigenvalue weighted by atomic mass is 16.1. The van der Waals surface area contributed by atoms with Gasteiger partial charge in [0, 0.05) is 29.2 Å². The maximum Gasteiger partial charge on any atom is 0.147 e. The first-order chi connectivity index (χ1) is 9.91. The SMILES string of the molecule is CC(=O)C(Cc1c[nH]c2ccccc12)N(C(C)C)C(C)C. The second-order valence-corrected chi connectivity index (χ2v) is 6.32. The predicted molar refractivity (Wildman–Crippen MR) is 88.6 cm³/mol. The van der Waals surface area contributed by atoms with E-state index in [1.54, 1.807) is 6.92 Å². The smallest absolute Gasteiger partial charge is 0.147 e. The number of carbonyl (C=O) groups is 1. The van der Waals surface area contributed by atoms with Gasteiger partial charge in [0.2, 0.25) is 0 Å². The van der Waals surface area contributed by atoms with E-state index in [-0.39, 0.29) is 11.8 Å². The highest BCUT2D eigenvalue weighted by molar-refractivity contribution is 5.86. The molecule has 1 N–H and O–H groups in total. The fourth-order valence-electron chi connectivity index (χ4n) is 3.28. The number of ketones is 1. The van der Waals surface area contributed by atoms with E-state index in [9.17, 15) is 4.79 Å². The van der Waals surface area contributed by atoms with Gasteiger partial charge in [-0.1, -0.05) is 18.2 Å². The summed E-state index contributed by atoms with van der Waals surface area (Å²) in [6.07, 6.45) is 2.80. The lowest BCUT2D eigenvalue weighted by Gasteiger charge is -2.37. The molecule has 0 aliphatic carbocycles. The molecule has 0 saturated carbocycles. The van der Waals surface area contributed by atoms with Crippen molar-refractivity contribution < 1.29 is 4.79 Å². The van der Waals surface area contributed by atoms with Crippen molar-refractivity contribution in [3.63, 3.8) is 0 Å². The zero-order valence-corrected chi connectivity index (χ0v) is 13.7. The number of benzene rings is 1. The maximum atomic E-state index is 12.2. The van der Waals surface area contributed by atoms with Gasteiger partial charge in [-0.25, -0.2) is 0 Å². The van der Waals surface area contributed by atoms with Gasteiger partial charge >= 0.3 is 0 Å². The summed E-state index contributed by atoms with van der Waals surface area (Å²) in [5.74, 6) is 0.239. The van der Waals surface area contributed by atoms with Crippen molar-refractivity contribution in [2.24, 2.45) is 0 Å². The monoisotopic (exact) mass is 286 g/mol. The van der Waals surface area contributed by atoms with Crippen molar-refractivity contribution in [1.29, 1.82) is 0 Å². The average molecular weight is 286 g/mol. The van der Waals surface area contributed by atoms with Gasteiger partial charge in [0.1, 0.15) is 5.78 Å². The Morgan fingerprint density at radius 2 is 1.76 bits per heavy atom. The summed E-state index contributed by atoms with van der Waals surface area (Å²) in [6.45, 7) is 10.3. The van der Waals surface area contributed by atoms with Gasteiger partial charge in [0.25, 0.3) is 0 Å². The Bertz CT molecular complexity index is 604. The summed E-state index contributed by atoms with van der Waals surface area (Å²) in [7, 11) is 0. The molecule has 1 aromatic heterocycles. The van der Waals surface area contributed by atoms with Gasteiger partial charge in [0.15, 0.2) is 0 Å². The van der Waals surface area contributed by atoms with Gasteiger partial charge in [0.05, 0.1) is 6.04 Å². The molecule has 0 amide bonds. The Hall–Kier alpha value is -1.61. The van der Waals surface area contributed by atoms with Crippen LogP contribution in [0.3, 0.4) is 0 Å². The molecule has 1 unspecified atom stereocenters. The number of hydrogen-bond acceptors (Lipinski definition) is 2. The van der Waals surface area contributed by atoms with Gasteiger partial charge in [-0.15, -0.1) is 0 Å². The number of hydrogen-bond donors (Lipinski definition) is 1. The number of aromatic amines is 1. The molecule has 0 aliphatic rings. The lowest BCUT2D eigenvalue weighted by molar-refractivity contribution is -0.123. The summed E-state index contributed by atoms with van der Waals surface area (Å²) < 4.78 is 0. The number of para-hydroxylation sites is 1. The molecule has 3 heteroatoms. The minimum Gasteiger partial charge on any atom is -0.361 e. The molecule has 114 valence electrons. The van der Waals surface area contributed by atoms with E-state index >= 15 is 0 Å². The second kappa shape index (κ2) is 6.44. The second-order valence-electron chi connectivity index (χ2n) is 6.32. The lowest BCUT2D eigenvalue weighted by atomic mass is 9.98. The van der Waals surface area contributed by atoms with Crippen LogP contribution in [0.25, 0.3) is 10.9 Å². The minimum absolute atomic E-state index is 0.0655. The first kappa shape index (κ1) is 15.8. The Balaban J connectivity index is 2.34. The number of carbonyl (C=O) groups excluding carboxylic acids is 1. The molecule has 2 rings (SSSR count). The Morgan fingerprint density at radius 3 is 2.33 bits per heavy atom. The Morgan fingerprint density at radius 1 is 1.14 bits per heavy atom. The zero-order valence-electron chi connectivity index (χ0n) is 13.7. The molecular formula is C18H26N2O. The Labute approximate surface area is 127 Å². The van der Waals surface area contributed by atoms with Crippen molar-refractivity contribution in [2.45, 2.75) is 59.2 Å². The molecule has 21 heavy (non-hydrogen) atoms. The topological polar surface area (TPSA) is 36.1 Å². The fraction of sp³-hybridized carbons (Fsp3) is 0.500. The van der Waals surface area contributed by atoms with Gasteiger partial charge in [-0.3, -0.25) is 9.69 Å². The number of Topliss-reactive ketones (excluding diaryl/α,β-unsaturated/α-hetero) is 1. The van der Waals surface area contributed by atoms with Crippen LogP contribution >= 0.6 is 0 Å². The number of H-pyrrole nitrogens is 1. The van der Waals surface area contributed by atoms with E-state index in [2.05, 4.69) is 49.7 Å². The molecule has 0 spiro atoms. The van der Waals surface area contributed by atoms with Crippen molar-refractivity contribution >= 4 is 16.7 Å². The first-order valence-electron chi connectivity index (χ1n) is 7.74. The van der Waals surface area contributed by atoms with Crippen LogP contribution in [0.5, 0.6) is 0 Å². The maximum absolute atomic E-state index is 12.2. The summed E-state index contributed by atoms with van der Waals surface area (Å²) >= 11 is 0. The molecule has 3 nitrogen and oxygen atoms in total. The number of nitrogens with zero attached hydrogens (tertiary/aromatic N) is 1. The molecule has 0 fully saturated rings. The highest BCUT2D eigenvalue weighted by Crippen LogP contribution is 2.22. The van der Waals surface area contributed by atoms with Gasteiger partial charge < -0.3 is 4.98 Å². The zero-order chi connectivity index (χ0) is 15.6. The average Bonchev–Trinajstić information content (AvgIpc) is 2.80. The first-order valence-corrected chi connectivity index (χ1v) is 7.74. The molecule has 0 aliphatic heterocycles. The number of fused-ring (bicyclic) bond motifs is 1. The van der Waals surface area contributed by atoms with Crippen LogP contribution in [-0.4, -0.2) is 33.8 Å². The standard InChI is InChI=1S/C18H26N2O/c1-12(2)20(13(3)4)18(14(5)21)10-15-11-19-17-9-7-6-8-16(15)17/h6-9,11-13,18-19H,10H2,1-5H3. The molecule has 2 aromatic rings. The summed E-state index contributed by atoms with van der Waals surface area (Å²) in [6, 6.07) is 8.90. The summed E-state index contributed by atoms with van der Waals surface area (Å²) in [5.41, 5.74) is 2.35. The molecule has 1 aromatic carbocycles. The molecule has 1 atom stereocenters. The quantitative estimate of drug-likeness (QED) is 0.877. The van der Waals surface area contributed by atoms with Crippen LogP contribution in [0.4, 0.5) is 0 Å². The van der Waals surface area contributed by atoms with Crippen LogP contribution in [0.1, 0.15) is 40.2 Å². The van der Waals surface area contributed by atoms with Crippen LogP contribution < -0.4 is 0 Å². The molecule has 0 saturated heterocycles. The summed E-state index contributed by atoms with van der Waals surface area (Å²) in [5, 5.41) is 1.22. The number of rotatable bonds is 6. The number of aromatic nitrogens is 1. The third-order valence-electron chi connectivity index (χ3n) is 4.11. The van der Waals surface area contributed by atoms with Crippen molar-refractivity contribution in [3.8, 4) is 0 Å². The molecular weight excluding hydrogens is 260 g/mol. The molecule has 0 bridgehead atoms. The van der Waals surface area contributed by atoms with E-state index in [0.717, 1.165) is 11.9 Å². The minimum atomic E-state index is -0.0655. The van der Waals surface area contributed by atoms with Crippen LogP contribution in [0.2, 0.25) is 0 Å². The largest absolute Gasteiger partial charge is 0.361 e. The molecule has 1 heterocycles. The van der Waals surface area contributed by atoms with Gasteiger partial charge in [-0.2, -0.15) is 0 Å². The normalized spacial score (nSPS) is 13.5. The predicted octanol–water partition coefficient (Wildman–Crippen LogP) is 3.79. The fourth-order valence-corrected chi connectivity index (χ4v) is 3.28. The number of nitrogens with one attached hydrogen (secondary N) is 1. The van der Waals surface area contributed by atoms with Crippen molar-refractivity contribution in [2.75, 3.05) is 0 Å². The van der Waals surface area contributed by atoms with E-state index in [1.807, 2.05) is 18.3 Å². The molecule has 0 radical (unpaired) electrons. The highest BCUT2D eigenvalue weighted by Gasteiger charge is 2.28. The Kier molecular flexibility index (Phi) is 4.84. The van der Waals surface area contributed by atoms with E-state index < -0.39 is 0 Å². The van der Waals surface area contributed by atoms with E-state index in [4.69, 9.17) is 0 Å². The van der Waals surface area contributed by atoms with Crippen LogP contribution in [0.15, 0.2) is 30.5 Å². The van der Waals surface area contributed by atoms with Crippen molar-refractivity contribution in [1.82, 2.24) is 9.88 Å². The lowest BCUT2D eigenvalue weighted by Crippen LogP contribution is -2.49.